The van der Waals surface area contributed by atoms with Crippen LogP contribution in [0.25, 0.3) is 0 Å². The van der Waals surface area contributed by atoms with Crippen LogP contribution in [0.15, 0.2) is 16.6 Å². The van der Waals surface area contributed by atoms with Gasteiger partial charge in [0.2, 0.25) is 0 Å². The second-order valence-electron chi connectivity index (χ2n) is 1.74. The summed E-state index contributed by atoms with van der Waals surface area (Å²) in [5.74, 6) is 0. The van der Waals surface area contributed by atoms with Crippen LogP contribution in [-0.2, 0) is 0 Å². The molecule has 0 aliphatic rings. The molecule has 0 aliphatic carbocycles. The molecule has 0 unspecified atom stereocenters. The van der Waals surface area contributed by atoms with Gasteiger partial charge in [0.15, 0.2) is 0 Å². The van der Waals surface area contributed by atoms with Crippen molar-refractivity contribution in [3.05, 3.63) is 11.6 Å². The molecule has 2 heteroatoms. The lowest BCUT2D eigenvalue weighted by molar-refractivity contribution is 1.13. The maximum atomic E-state index is 5.71. The van der Waals surface area contributed by atoms with Gasteiger partial charge in [0, 0.05) is 6.54 Å². The maximum Gasteiger partial charge on any atom is 0.126 e. The molecule has 0 atom stereocenters. The van der Waals surface area contributed by atoms with Gasteiger partial charge in [-0.3, -0.25) is 4.99 Å². The van der Waals surface area contributed by atoms with Crippen molar-refractivity contribution in [2.24, 2.45) is 4.99 Å². The molecule has 9 heavy (non-hydrogen) atoms. The van der Waals surface area contributed by atoms with Gasteiger partial charge < -0.3 is 0 Å². The number of rotatable bonds is 2. The molecule has 0 radical (unpaired) electrons. The number of halogens is 1. The van der Waals surface area contributed by atoms with Gasteiger partial charge in [-0.05, 0) is 26.3 Å². The first-order valence-corrected chi connectivity index (χ1v) is 3.43. The molecular formula is C7H12ClN. The summed E-state index contributed by atoms with van der Waals surface area (Å²) in [6, 6.07) is 0. The van der Waals surface area contributed by atoms with E-state index in [0.29, 0.717) is 5.17 Å². The van der Waals surface area contributed by atoms with Crippen LogP contribution in [0.4, 0.5) is 0 Å². The zero-order valence-electron chi connectivity index (χ0n) is 6.11. The van der Waals surface area contributed by atoms with E-state index in [4.69, 9.17) is 11.6 Å². The largest absolute Gasteiger partial charge is 0.273 e. The summed E-state index contributed by atoms with van der Waals surface area (Å²) in [7, 11) is 0. The van der Waals surface area contributed by atoms with E-state index in [0.717, 1.165) is 12.1 Å². The highest BCUT2D eigenvalue weighted by atomic mass is 35.5. The summed E-state index contributed by atoms with van der Waals surface area (Å²) >= 11 is 5.71. The zero-order valence-corrected chi connectivity index (χ0v) is 6.87. The number of hydrogen-bond donors (Lipinski definition) is 0. The van der Waals surface area contributed by atoms with Crippen LogP contribution >= 0.6 is 11.6 Å². The number of allylic oxidation sites excluding steroid dienone is 2. The Hall–Kier alpha value is -0.300. The van der Waals surface area contributed by atoms with E-state index in [2.05, 4.69) is 4.99 Å². The van der Waals surface area contributed by atoms with Gasteiger partial charge in [-0.15, -0.1) is 0 Å². The Kier molecular flexibility index (Phi) is 4.41. The normalized spacial score (nSPS) is 14.2. The Morgan fingerprint density at radius 1 is 1.67 bits per heavy atom. The average Bonchev–Trinajstić information content (AvgIpc) is 1.87. The SMILES string of the molecule is C/C=C(/C)C(Cl)=NCC. The highest BCUT2D eigenvalue weighted by Crippen LogP contribution is 2.00. The summed E-state index contributed by atoms with van der Waals surface area (Å²) in [4.78, 5) is 4.01. The summed E-state index contributed by atoms with van der Waals surface area (Å²) in [5, 5.41) is 0.625. The van der Waals surface area contributed by atoms with Crippen LogP contribution in [0.1, 0.15) is 20.8 Å². The maximum absolute atomic E-state index is 5.71. The smallest absolute Gasteiger partial charge is 0.126 e. The molecule has 0 saturated carbocycles. The van der Waals surface area contributed by atoms with Gasteiger partial charge in [-0.2, -0.15) is 0 Å². The monoisotopic (exact) mass is 145 g/mol. The first-order chi connectivity index (χ1) is 4.22. The van der Waals surface area contributed by atoms with E-state index in [-0.39, 0.29) is 0 Å². The standard InChI is InChI=1S/C7H12ClN/c1-4-6(3)7(8)9-5-2/h4H,5H2,1-3H3/b6-4-,9-7?. The Bertz CT molecular complexity index is 136. The Morgan fingerprint density at radius 3 is 2.56 bits per heavy atom. The van der Waals surface area contributed by atoms with E-state index in [9.17, 15) is 0 Å². The molecule has 0 aromatic carbocycles. The van der Waals surface area contributed by atoms with E-state index in [1.54, 1.807) is 0 Å². The second-order valence-corrected chi connectivity index (χ2v) is 2.09. The third kappa shape index (κ3) is 3.31. The Balaban J connectivity index is 4.03. The van der Waals surface area contributed by atoms with Gasteiger partial charge in [0.25, 0.3) is 0 Å². The highest BCUT2D eigenvalue weighted by molar-refractivity contribution is 6.69. The van der Waals surface area contributed by atoms with Crippen molar-refractivity contribution in [2.75, 3.05) is 6.54 Å². The second kappa shape index (κ2) is 4.57. The fraction of sp³-hybridized carbons (Fsp3) is 0.571. The molecule has 0 fully saturated rings. The number of hydrogen-bond acceptors (Lipinski definition) is 1. The zero-order chi connectivity index (χ0) is 7.28. The molecule has 52 valence electrons. The van der Waals surface area contributed by atoms with Crippen molar-refractivity contribution in [3.8, 4) is 0 Å². The molecule has 0 aromatic heterocycles. The number of nitrogens with zero attached hydrogens (tertiary/aromatic N) is 1. The summed E-state index contributed by atoms with van der Waals surface area (Å²) in [5.41, 5.74) is 1.04. The topological polar surface area (TPSA) is 12.4 Å². The van der Waals surface area contributed by atoms with Crippen LogP contribution in [0.2, 0.25) is 0 Å². The average molecular weight is 146 g/mol. The summed E-state index contributed by atoms with van der Waals surface area (Å²) in [6.45, 7) is 6.61. The molecule has 0 N–H and O–H groups in total. The molecule has 0 aromatic rings. The predicted molar refractivity (Wildman–Crippen MR) is 43.3 cm³/mol. The first-order valence-electron chi connectivity index (χ1n) is 3.05. The van der Waals surface area contributed by atoms with E-state index < -0.39 is 0 Å². The summed E-state index contributed by atoms with van der Waals surface area (Å²) in [6.07, 6.45) is 1.95. The minimum atomic E-state index is 0.625. The molecular weight excluding hydrogens is 134 g/mol. The quantitative estimate of drug-likeness (QED) is 0.530. The van der Waals surface area contributed by atoms with Crippen molar-refractivity contribution >= 4 is 16.8 Å². The first kappa shape index (κ1) is 8.70. The lowest BCUT2D eigenvalue weighted by Crippen LogP contribution is -1.89. The van der Waals surface area contributed by atoms with Crippen molar-refractivity contribution in [1.29, 1.82) is 0 Å². The van der Waals surface area contributed by atoms with Crippen molar-refractivity contribution in [1.82, 2.24) is 0 Å². The molecule has 1 nitrogen and oxygen atoms in total. The predicted octanol–water partition coefficient (Wildman–Crippen LogP) is 2.61. The van der Waals surface area contributed by atoms with E-state index in [1.807, 2.05) is 26.8 Å². The molecule has 0 rings (SSSR count). The van der Waals surface area contributed by atoms with Gasteiger partial charge in [0.05, 0.1) is 0 Å². The van der Waals surface area contributed by atoms with Crippen LogP contribution < -0.4 is 0 Å². The van der Waals surface area contributed by atoms with Crippen molar-refractivity contribution < 1.29 is 0 Å². The number of aliphatic imine (C=N–C) groups is 1. The third-order valence-electron chi connectivity index (χ3n) is 1.06. The molecule has 0 bridgehead atoms. The van der Waals surface area contributed by atoms with Crippen LogP contribution in [0.5, 0.6) is 0 Å². The van der Waals surface area contributed by atoms with Crippen LogP contribution in [0, 0.1) is 0 Å². The van der Waals surface area contributed by atoms with E-state index >= 15 is 0 Å². The van der Waals surface area contributed by atoms with Crippen molar-refractivity contribution in [2.45, 2.75) is 20.8 Å². The Labute approximate surface area is 61.4 Å². The molecule has 0 spiro atoms. The lowest BCUT2D eigenvalue weighted by atomic mass is 10.3. The fourth-order valence-corrected chi connectivity index (χ4v) is 0.611. The third-order valence-corrected chi connectivity index (χ3v) is 1.47. The van der Waals surface area contributed by atoms with Crippen LogP contribution in [0.3, 0.4) is 0 Å². The minimum absolute atomic E-state index is 0.625. The summed E-state index contributed by atoms with van der Waals surface area (Å²) < 4.78 is 0. The van der Waals surface area contributed by atoms with E-state index in [1.165, 1.54) is 0 Å². The Morgan fingerprint density at radius 2 is 2.22 bits per heavy atom. The highest BCUT2D eigenvalue weighted by Gasteiger charge is 1.91. The fourth-order valence-electron chi connectivity index (χ4n) is 0.383. The molecule has 0 aliphatic heterocycles. The minimum Gasteiger partial charge on any atom is -0.273 e. The lowest BCUT2D eigenvalue weighted by Gasteiger charge is -1.93. The van der Waals surface area contributed by atoms with Gasteiger partial charge in [-0.1, -0.05) is 17.7 Å². The van der Waals surface area contributed by atoms with Crippen molar-refractivity contribution in [3.63, 3.8) is 0 Å². The van der Waals surface area contributed by atoms with Gasteiger partial charge >= 0.3 is 0 Å². The molecule has 0 amide bonds. The van der Waals surface area contributed by atoms with Gasteiger partial charge in [0.1, 0.15) is 5.17 Å². The molecule has 0 saturated heterocycles. The molecule has 0 heterocycles. The van der Waals surface area contributed by atoms with Gasteiger partial charge in [-0.25, -0.2) is 0 Å². The van der Waals surface area contributed by atoms with Crippen LogP contribution in [-0.4, -0.2) is 11.7 Å².